The minimum absolute atomic E-state index is 0. The van der Waals surface area contributed by atoms with E-state index in [1.807, 2.05) is 24.0 Å². The molecule has 0 aromatic heterocycles. The molecular formula is C20H24ClFN2O2. The van der Waals surface area contributed by atoms with Crippen molar-refractivity contribution >= 4 is 18.3 Å². The van der Waals surface area contributed by atoms with E-state index in [4.69, 9.17) is 4.74 Å². The van der Waals surface area contributed by atoms with Crippen molar-refractivity contribution in [2.75, 3.05) is 32.8 Å². The Hall–Kier alpha value is -2.11. The second-order valence-corrected chi connectivity index (χ2v) is 6.15. The number of carbonyl (C=O) groups excluding carboxylic acids is 1. The predicted molar refractivity (Wildman–Crippen MR) is 102 cm³/mol. The lowest BCUT2D eigenvalue weighted by Gasteiger charge is -2.34. The molecule has 3 rings (SSSR count). The molecule has 1 fully saturated rings. The average Bonchev–Trinajstić information content (AvgIpc) is 2.64. The number of amides is 1. The third-order valence-electron chi connectivity index (χ3n) is 4.39. The summed E-state index contributed by atoms with van der Waals surface area (Å²) in [4.78, 5) is 16.6. The van der Waals surface area contributed by atoms with Gasteiger partial charge in [-0.2, -0.15) is 0 Å². The number of piperazine rings is 1. The van der Waals surface area contributed by atoms with Crippen LogP contribution in [0.5, 0.6) is 5.75 Å². The summed E-state index contributed by atoms with van der Waals surface area (Å²) in [6.07, 6.45) is 0. The summed E-state index contributed by atoms with van der Waals surface area (Å²) in [5, 5.41) is 0. The Morgan fingerprint density at radius 2 is 1.62 bits per heavy atom. The van der Waals surface area contributed by atoms with Crippen molar-refractivity contribution in [3.63, 3.8) is 0 Å². The predicted octanol–water partition coefficient (Wildman–Crippen LogP) is 3.60. The minimum atomic E-state index is -0.322. The number of ether oxygens (including phenoxy) is 1. The average molecular weight is 379 g/mol. The number of hydrogen-bond acceptors (Lipinski definition) is 3. The molecule has 26 heavy (non-hydrogen) atoms. The second kappa shape index (κ2) is 9.55. The molecule has 0 saturated carbocycles. The highest BCUT2D eigenvalue weighted by atomic mass is 35.5. The van der Waals surface area contributed by atoms with E-state index in [1.165, 1.54) is 17.7 Å². The molecule has 1 heterocycles. The fraction of sp³-hybridized carbons (Fsp3) is 0.350. The van der Waals surface area contributed by atoms with E-state index in [2.05, 4.69) is 17.0 Å². The van der Waals surface area contributed by atoms with Gasteiger partial charge in [-0.25, -0.2) is 4.39 Å². The molecule has 140 valence electrons. The summed E-state index contributed by atoms with van der Waals surface area (Å²) in [7, 11) is 0. The Morgan fingerprint density at radius 3 is 2.19 bits per heavy atom. The van der Waals surface area contributed by atoms with Crippen LogP contribution in [0.3, 0.4) is 0 Å². The zero-order valence-electron chi connectivity index (χ0n) is 14.9. The molecule has 0 N–H and O–H groups in total. The van der Waals surface area contributed by atoms with Gasteiger partial charge in [0.1, 0.15) is 11.6 Å². The van der Waals surface area contributed by atoms with Crippen LogP contribution in [0.4, 0.5) is 4.39 Å². The molecule has 4 nitrogen and oxygen atoms in total. The van der Waals surface area contributed by atoms with Crippen LogP contribution in [0.25, 0.3) is 0 Å². The molecular weight excluding hydrogens is 355 g/mol. The van der Waals surface area contributed by atoms with Gasteiger partial charge in [0.25, 0.3) is 5.91 Å². The molecule has 1 aliphatic heterocycles. The Labute approximate surface area is 160 Å². The largest absolute Gasteiger partial charge is 0.494 e. The van der Waals surface area contributed by atoms with Gasteiger partial charge >= 0.3 is 0 Å². The van der Waals surface area contributed by atoms with Crippen molar-refractivity contribution in [1.29, 1.82) is 0 Å². The van der Waals surface area contributed by atoms with Crippen LogP contribution in [-0.4, -0.2) is 48.5 Å². The van der Waals surface area contributed by atoms with Crippen LogP contribution in [0, 0.1) is 5.82 Å². The summed E-state index contributed by atoms with van der Waals surface area (Å²) >= 11 is 0. The molecule has 2 aromatic carbocycles. The number of halogens is 2. The van der Waals surface area contributed by atoms with E-state index in [9.17, 15) is 9.18 Å². The second-order valence-electron chi connectivity index (χ2n) is 6.15. The number of nitrogens with zero attached hydrogens (tertiary/aromatic N) is 2. The third-order valence-corrected chi connectivity index (χ3v) is 4.39. The first-order chi connectivity index (χ1) is 12.2. The van der Waals surface area contributed by atoms with E-state index < -0.39 is 0 Å². The molecule has 1 amide bonds. The maximum atomic E-state index is 13.0. The molecule has 2 aromatic rings. The van der Waals surface area contributed by atoms with Crippen molar-refractivity contribution in [3.05, 3.63) is 65.5 Å². The van der Waals surface area contributed by atoms with Gasteiger partial charge in [-0.3, -0.25) is 9.69 Å². The van der Waals surface area contributed by atoms with Gasteiger partial charge in [0, 0.05) is 38.3 Å². The highest BCUT2D eigenvalue weighted by Crippen LogP contribution is 2.15. The summed E-state index contributed by atoms with van der Waals surface area (Å²) in [5.41, 5.74) is 1.78. The molecule has 0 atom stereocenters. The highest BCUT2D eigenvalue weighted by Gasteiger charge is 2.22. The summed E-state index contributed by atoms with van der Waals surface area (Å²) in [6.45, 7) is 6.55. The third kappa shape index (κ3) is 5.19. The van der Waals surface area contributed by atoms with Gasteiger partial charge < -0.3 is 9.64 Å². The highest BCUT2D eigenvalue weighted by molar-refractivity contribution is 5.94. The molecule has 0 unspecified atom stereocenters. The maximum Gasteiger partial charge on any atom is 0.253 e. The first kappa shape index (κ1) is 20.2. The maximum absolute atomic E-state index is 13.0. The van der Waals surface area contributed by atoms with E-state index >= 15 is 0 Å². The standard InChI is InChI=1S/C20H23FN2O2.ClH/c1-2-25-19-9-3-16(4-10-19)15-22-11-13-23(14-12-22)20(24)17-5-7-18(21)8-6-17;/h3-10H,2,11-15H2,1H3;1H. The van der Waals surface area contributed by atoms with Gasteiger partial charge in [0.05, 0.1) is 6.61 Å². The Balaban J connectivity index is 0.00000243. The number of rotatable bonds is 5. The van der Waals surface area contributed by atoms with Gasteiger partial charge in [-0.05, 0) is 48.9 Å². The summed E-state index contributed by atoms with van der Waals surface area (Å²) in [6, 6.07) is 13.9. The quantitative estimate of drug-likeness (QED) is 0.796. The molecule has 0 bridgehead atoms. The first-order valence-corrected chi connectivity index (χ1v) is 8.64. The van der Waals surface area contributed by atoms with E-state index in [-0.39, 0.29) is 24.1 Å². The SMILES string of the molecule is CCOc1ccc(CN2CCN(C(=O)c3ccc(F)cc3)CC2)cc1.Cl. The van der Waals surface area contributed by atoms with Crippen LogP contribution >= 0.6 is 12.4 Å². The van der Waals surface area contributed by atoms with Crippen LogP contribution in [0.15, 0.2) is 48.5 Å². The van der Waals surface area contributed by atoms with Crippen molar-refractivity contribution in [2.45, 2.75) is 13.5 Å². The number of benzene rings is 2. The summed E-state index contributed by atoms with van der Waals surface area (Å²) in [5.74, 6) is 0.540. The molecule has 6 heteroatoms. The fourth-order valence-electron chi connectivity index (χ4n) is 3.00. The molecule has 0 radical (unpaired) electrons. The molecule has 1 saturated heterocycles. The van der Waals surface area contributed by atoms with Crippen LogP contribution < -0.4 is 4.74 Å². The van der Waals surface area contributed by atoms with Crippen LogP contribution in [0.2, 0.25) is 0 Å². The van der Waals surface area contributed by atoms with Gasteiger partial charge in [0.2, 0.25) is 0 Å². The van der Waals surface area contributed by atoms with Crippen LogP contribution in [0.1, 0.15) is 22.8 Å². The summed E-state index contributed by atoms with van der Waals surface area (Å²) < 4.78 is 18.4. The first-order valence-electron chi connectivity index (χ1n) is 8.64. The number of hydrogen-bond donors (Lipinski definition) is 0. The van der Waals surface area contributed by atoms with E-state index in [0.29, 0.717) is 25.3 Å². The lowest BCUT2D eigenvalue weighted by atomic mass is 10.1. The molecule has 0 aliphatic carbocycles. The van der Waals surface area contributed by atoms with Crippen molar-refractivity contribution in [3.8, 4) is 5.75 Å². The van der Waals surface area contributed by atoms with E-state index in [0.717, 1.165) is 25.4 Å². The molecule has 0 spiro atoms. The van der Waals surface area contributed by atoms with Crippen molar-refractivity contribution in [1.82, 2.24) is 9.80 Å². The van der Waals surface area contributed by atoms with Gasteiger partial charge in [-0.15, -0.1) is 12.4 Å². The molecule has 1 aliphatic rings. The van der Waals surface area contributed by atoms with Gasteiger partial charge in [0.15, 0.2) is 0 Å². The lowest BCUT2D eigenvalue weighted by molar-refractivity contribution is 0.0628. The Bertz CT molecular complexity index is 699. The van der Waals surface area contributed by atoms with Crippen molar-refractivity contribution < 1.29 is 13.9 Å². The normalized spacial score (nSPS) is 14.6. The Kier molecular flexibility index (Phi) is 7.42. The number of carbonyl (C=O) groups is 1. The zero-order chi connectivity index (χ0) is 17.6. The lowest BCUT2D eigenvalue weighted by Crippen LogP contribution is -2.48. The monoisotopic (exact) mass is 378 g/mol. The fourth-order valence-corrected chi connectivity index (χ4v) is 3.00. The smallest absolute Gasteiger partial charge is 0.253 e. The van der Waals surface area contributed by atoms with Crippen LogP contribution in [-0.2, 0) is 6.54 Å². The zero-order valence-corrected chi connectivity index (χ0v) is 15.7. The topological polar surface area (TPSA) is 32.8 Å². The van der Waals surface area contributed by atoms with Gasteiger partial charge in [-0.1, -0.05) is 12.1 Å². The van der Waals surface area contributed by atoms with E-state index in [1.54, 1.807) is 12.1 Å². The minimum Gasteiger partial charge on any atom is -0.494 e. The van der Waals surface area contributed by atoms with Crippen molar-refractivity contribution in [2.24, 2.45) is 0 Å². The Morgan fingerprint density at radius 1 is 1.00 bits per heavy atom.